The fourth-order valence-electron chi connectivity index (χ4n) is 2.32. The first-order valence-corrected chi connectivity index (χ1v) is 7.77. The molecule has 0 unspecified atom stereocenters. The van der Waals surface area contributed by atoms with E-state index in [1.165, 1.54) is 4.88 Å². The molecular weight excluding hydrogens is 282 g/mol. The molecule has 21 heavy (non-hydrogen) atoms. The molecule has 0 aliphatic rings. The molecule has 1 aromatic carbocycles. The van der Waals surface area contributed by atoms with Gasteiger partial charge in [-0.05, 0) is 12.5 Å². The molecule has 0 aliphatic carbocycles. The van der Waals surface area contributed by atoms with Crippen LogP contribution in [0.2, 0.25) is 0 Å². The van der Waals surface area contributed by atoms with Crippen LogP contribution >= 0.6 is 11.3 Å². The highest BCUT2D eigenvalue weighted by atomic mass is 32.1. The molecule has 0 fully saturated rings. The highest BCUT2D eigenvalue weighted by Gasteiger charge is 2.07. The van der Waals surface area contributed by atoms with Crippen molar-refractivity contribution in [3.05, 3.63) is 56.8 Å². The Labute approximate surface area is 127 Å². The molecule has 108 valence electrons. The first kappa shape index (κ1) is 13.8. The number of hydrogen-bond donors (Lipinski definition) is 1. The highest BCUT2D eigenvalue weighted by molar-refractivity contribution is 7.11. The summed E-state index contributed by atoms with van der Waals surface area (Å²) in [6.07, 6.45) is 2.93. The SMILES string of the molecule is CCc1cnc(CNc2cc(=O)n(C)c3ccccc23)s1. The highest BCUT2D eigenvalue weighted by Crippen LogP contribution is 2.22. The third-order valence-electron chi connectivity index (χ3n) is 3.53. The van der Waals surface area contributed by atoms with E-state index >= 15 is 0 Å². The van der Waals surface area contributed by atoms with Crippen LogP contribution in [0.25, 0.3) is 10.9 Å². The van der Waals surface area contributed by atoms with Crippen LogP contribution in [0.1, 0.15) is 16.8 Å². The van der Waals surface area contributed by atoms with Gasteiger partial charge < -0.3 is 9.88 Å². The number of hydrogen-bond acceptors (Lipinski definition) is 4. The second-order valence-electron chi connectivity index (χ2n) is 4.90. The first-order chi connectivity index (χ1) is 10.2. The van der Waals surface area contributed by atoms with E-state index in [2.05, 4.69) is 17.2 Å². The van der Waals surface area contributed by atoms with Crippen LogP contribution < -0.4 is 10.9 Å². The van der Waals surface area contributed by atoms with E-state index in [0.29, 0.717) is 6.54 Å². The van der Waals surface area contributed by atoms with Crippen molar-refractivity contribution in [1.29, 1.82) is 0 Å². The summed E-state index contributed by atoms with van der Waals surface area (Å²) in [7, 11) is 1.79. The van der Waals surface area contributed by atoms with E-state index in [0.717, 1.165) is 28.0 Å². The molecule has 4 nitrogen and oxygen atoms in total. The number of benzene rings is 1. The lowest BCUT2D eigenvalue weighted by Gasteiger charge is -2.11. The van der Waals surface area contributed by atoms with Crippen LogP contribution in [-0.2, 0) is 20.0 Å². The van der Waals surface area contributed by atoms with Crippen LogP contribution in [0, 0.1) is 0 Å². The topological polar surface area (TPSA) is 46.9 Å². The number of pyridine rings is 1. The number of aryl methyl sites for hydroxylation is 2. The third kappa shape index (κ3) is 2.69. The molecule has 1 N–H and O–H groups in total. The average molecular weight is 299 g/mol. The van der Waals surface area contributed by atoms with Gasteiger partial charge in [-0.3, -0.25) is 4.79 Å². The second kappa shape index (κ2) is 5.69. The molecule has 5 heteroatoms. The van der Waals surface area contributed by atoms with Crippen LogP contribution in [0.4, 0.5) is 5.69 Å². The number of thiazole rings is 1. The lowest BCUT2D eigenvalue weighted by atomic mass is 10.2. The summed E-state index contributed by atoms with van der Waals surface area (Å²) < 4.78 is 1.67. The summed E-state index contributed by atoms with van der Waals surface area (Å²) in [5.41, 5.74) is 1.78. The van der Waals surface area contributed by atoms with Crippen LogP contribution in [-0.4, -0.2) is 9.55 Å². The van der Waals surface area contributed by atoms with Crippen LogP contribution in [0.5, 0.6) is 0 Å². The minimum absolute atomic E-state index is 0.00964. The summed E-state index contributed by atoms with van der Waals surface area (Å²) in [5, 5.41) is 5.43. The maximum absolute atomic E-state index is 12.0. The summed E-state index contributed by atoms with van der Waals surface area (Å²) in [6, 6.07) is 9.56. The molecule has 0 radical (unpaired) electrons. The van der Waals surface area contributed by atoms with Gasteiger partial charge in [0.25, 0.3) is 5.56 Å². The fraction of sp³-hybridized carbons (Fsp3) is 0.250. The number of aromatic nitrogens is 2. The fourth-order valence-corrected chi connectivity index (χ4v) is 3.12. The minimum atomic E-state index is -0.00964. The Bertz CT molecular complexity index is 835. The third-order valence-corrected chi connectivity index (χ3v) is 4.68. The van der Waals surface area contributed by atoms with E-state index < -0.39 is 0 Å². The zero-order valence-corrected chi connectivity index (χ0v) is 12.9. The standard InChI is InChI=1S/C16H17N3OS/c1-3-11-9-18-15(21-11)10-17-13-8-16(20)19(2)14-7-5-4-6-12(13)14/h4-9,17H,3,10H2,1-2H3. The van der Waals surface area contributed by atoms with E-state index in [1.807, 2.05) is 30.5 Å². The van der Waals surface area contributed by atoms with Crippen molar-refractivity contribution in [2.75, 3.05) is 5.32 Å². The van der Waals surface area contributed by atoms with Gasteiger partial charge in [0.2, 0.25) is 0 Å². The zero-order valence-electron chi connectivity index (χ0n) is 12.1. The molecule has 0 saturated carbocycles. The van der Waals surface area contributed by atoms with E-state index in [-0.39, 0.29) is 5.56 Å². The van der Waals surface area contributed by atoms with Gasteiger partial charge in [0.1, 0.15) is 5.01 Å². The summed E-state index contributed by atoms with van der Waals surface area (Å²) in [5.74, 6) is 0. The zero-order chi connectivity index (χ0) is 14.8. The van der Waals surface area contributed by atoms with Crippen molar-refractivity contribution < 1.29 is 0 Å². The average Bonchev–Trinajstić information content (AvgIpc) is 2.97. The van der Waals surface area contributed by atoms with Gasteiger partial charge in [-0.15, -0.1) is 11.3 Å². The van der Waals surface area contributed by atoms with Gasteiger partial charge in [-0.2, -0.15) is 0 Å². The van der Waals surface area contributed by atoms with Crippen molar-refractivity contribution >= 4 is 27.9 Å². The second-order valence-corrected chi connectivity index (χ2v) is 6.10. The Kier molecular flexibility index (Phi) is 3.75. The number of nitrogens with one attached hydrogen (secondary N) is 1. The molecule has 2 heterocycles. The smallest absolute Gasteiger partial charge is 0.252 e. The predicted octanol–water partition coefficient (Wildman–Crippen LogP) is 3.17. The Morgan fingerprint density at radius 2 is 2.14 bits per heavy atom. The quantitative estimate of drug-likeness (QED) is 0.805. The van der Waals surface area contributed by atoms with Crippen molar-refractivity contribution in [1.82, 2.24) is 9.55 Å². The molecule has 0 amide bonds. The van der Waals surface area contributed by atoms with Crippen molar-refractivity contribution in [3.8, 4) is 0 Å². The largest absolute Gasteiger partial charge is 0.378 e. The molecular formula is C16H17N3OS. The Balaban J connectivity index is 1.93. The number of para-hydroxylation sites is 1. The summed E-state index contributed by atoms with van der Waals surface area (Å²) in [6.45, 7) is 2.76. The van der Waals surface area contributed by atoms with E-state index in [9.17, 15) is 4.79 Å². The van der Waals surface area contributed by atoms with Gasteiger partial charge >= 0.3 is 0 Å². The predicted molar refractivity (Wildman–Crippen MR) is 88.0 cm³/mol. The normalized spacial score (nSPS) is 11.0. The van der Waals surface area contributed by atoms with Gasteiger partial charge in [0, 0.05) is 35.3 Å². The molecule has 0 saturated heterocycles. The van der Waals surface area contributed by atoms with Gasteiger partial charge in [0.05, 0.1) is 12.1 Å². The minimum Gasteiger partial charge on any atom is -0.378 e. The van der Waals surface area contributed by atoms with Crippen molar-refractivity contribution in [2.45, 2.75) is 19.9 Å². The van der Waals surface area contributed by atoms with Crippen molar-refractivity contribution in [3.63, 3.8) is 0 Å². The van der Waals surface area contributed by atoms with E-state index in [1.54, 1.807) is 29.0 Å². The van der Waals surface area contributed by atoms with E-state index in [4.69, 9.17) is 0 Å². The number of nitrogens with zero attached hydrogens (tertiary/aromatic N) is 2. The van der Waals surface area contributed by atoms with Gasteiger partial charge in [-0.25, -0.2) is 4.98 Å². The number of fused-ring (bicyclic) bond motifs is 1. The summed E-state index contributed by atoms with van der Waals surface area (Å²) >= 11 is 1.71. The summed E-state index contributed by atoms with van der Waals surface area (Å²) in [4.78, 5) is 17.7. The Hall–Kier alpha value is -2.14. The van der Waals surface area contributed by atoms with Gasteiger partial charge in [0.15, 0.2) is 0 Å². The molecule has 3 rings (SSSR count). The monoisotopic (exact) mass is 299 g/mol. The first-order valence-electron chi connectivity index (χ1n) is 6.95. The molecule has 0 spiro atoms. The molecule has 0 atom stereocenters. The van der Waals surface area contributed by atoms with Crippen molar-refractivity contribution in [2.24, 2.45) is 7.05 Å². The lowest BCUT2D eigenvalue weighted by molar-refractivity contribution is 0.905. The maximum atomic E-state index is 12.0. The molecule has 2 aromatic heterocycles. The molecule has 0 bridgehead atoms. The van der Waals surface area contributed by atoms with Gasteiger partial charge in [-0.1, -0.05) is 25.1 Å². The van der Waals surface area contributed by atoms with Crippen LogP contribution in [0.3, 0.4) is 0 Å². The van der Waals surface area contributed by atoms with Crippen LogP contribution in [0.15, 0.2) is 41.3 Å². The molecule has 3 aromatic rings. The number of rotatable bonds is 4. The maximum Gasteiger partial charge on any atom is 0.252 e. The Morgan fingerprint density at radius 1 is 1.33 bits per heavy atom. The number of anilines is 1. The lowest BCUT2D eigenvalue weighted by Crippen LogP contribution is -2.17. The Morgan fingerprint density at radius 3 is 2.90 bits per heavy atom. The molecule has 0 aliphatic heterocycles.